The molecule has 22 heavy (non-hydrogen) atoms. The molecule has 118 valence electrons. The summed E-state index contributed by atoms with van der Waals surface area (Å²) >= 11 is 2.74. The fourth-order valence-corrected chi connectivity index (χ4v) is 3.63. The van der Waals surface area contributed by atoms with Gasteiger partial charge in [-0.1, -0.05) is 0 Å². The van der Waals surface area contributed by atoms with Gasteiger partial charge in [0.1, 0.15) is 0 Å². The largest absolute Gasteiger partial charge is 0.466 e. The van der Waals surface area contributed by atoms with Crippen molar-refractivity contribution >= 4 is 35.4 Å². The minimum absolute atomic E-state index is 0.169. The van der Waals surface area contributed by atoms with E-state index in [1.54, 1.807) is 24.6 Å². The Balaban J connectivity index is 1.89. The fourth-order valence-electron chi connectivity index (χ4n) is 2.59. The number of aliphatic imine (C=N–C) groups is 1. The van der Waals surface area contributed by atoms with Crippen LogP contribution in [-0.2, 0) is 13.7 Å². The maximum Gasteiger partial charge on any atom is 0.337 e. The maximum atomic E-state index is 12.0. The van der Waals surface area contributed by atoms with E-state index in [0.29, 0.717) is 18.7 Å². The Morgan fingerprint density at radius 2 is 2.41 bits per heavy atom. The summed E-state index contributed by atoms with van der Waals surface area (Å²) in [5.74, 6) is 0.506. The van der Waals surface area contributed by atoms with Crippen molar-refractivity contribution in [3.8, 4) is 0 Å². The zero-order chi connectivity index (χ0) is 15.5. The van der Waals surface area contributed by atoms with Crippen LogP contribution < -0.4 is 4.72 Å². The molecule has 0 bridgehead atoms. The van der Waals surface area contributed by atoms with Crippen LogP contribution in [0.25, 0.3) is 0 Å². The van der Waals surface area contributed by atoms with Gasteiger partial charge in [-0.05, 0) is 0 Å². The monoisotopic (exact) mass is 340 g/mol. The number of carbonyl (C=O) groups excluding carboxylic acids is 1. The van der Waals surface area contributed by atoms with E-state index in [-0.39, 0.29) is 12.0 Å². The summed E-state index contributed by atoms with van der Waals surface area (Å²) in [5.41, 5.74) is 1.58. The van der Waals surface area contributed by atoms with Crippen molar-refractivity contribution in [2.45, 2.75) is 12.5 Å². The maximum absolute atomic E-state index is 12.0. The molecule has 1 saturated heterocycles. The van der Waals surface area contributed by atoms with E-state index in [1.807, 2.05) is 5.38 Å². The minimum atomic E-state index is -0.318. The number of ether oxygens (including phenoxy) is 1. The standard InChI is InChI=1S/C13H16N4O3S2/c1-19-13(18)9-6-15-11(12-14-3-4-21-12)17-7-8(5-10(9)17)16-22-20-2/h3-4,8,16H,5-7H2,1-2H3/t8-/m0/s1. The van der Waals surface area contributed by atoms with Gasteiger partial charge in [-0.3, -0.25) is 4.99 Å². The predicted molar refractivity (Wildman–Crippen MR) is 85.4 cm³/mol. The zero-order valence-electron chi connectivity index (χ0n) is 12.2. The predicted octanol–water partition coefficient (Wildman–Crippen LogP) is 1.20. The van der Waals surface area contributed by atoms with E-state index in [9.17, 15) is 4.79 Å². The average molecular weight is 340 g/mol. The number of nitrogens with one attached hydrogen (secondary N) is 1. The van der Waals surface area contributed by atoms with Crippen LogP contribution in [0.15, 0.2) is 27.8 Å². The number of rotatable bonds is 5. The van der Waals surface area contributed by atoms with Crippen molar-refractivity contribution in [1.29, 1.82) is 0 Å². The van der Waals surface area contributed by atoms with Crippen LogP contribution in [0.4, 0.5) is 0 Å². The van der Waals surface area contributed by atoms with Gasteiger partial charge in [0.25, 0.3) is 0 Å². The minimum Gasteiger partial charge on any atom is -0.466 e. The summed E-state index contributed by atoms with van der Waals surface area (Å²) in [7, 11) is 3.01. The number of thiazole rings is 1. The lowest BCUT2D eigenvalue weighted by Crippen LogP contribution is -2.36. The number of hydrogen-bond donors (Lipinski definition) is 1. The van der Waals surface area contributed by atoms with Gasteiger partial charge < -0.3 is 13.8 Å². The first-order chi connectivity index (χ1) is 10.7. The number of hydrogen-bond acceptors (Lipinski definition) is 9. The first kappa shape index (κ1) is 15.5. The van der Waals surface area contributed by atoms with E-state index in [2.05, 4.69) is 19.6 Å². The molecule has 7 nitrogen and oxygen atoms in total. The van der Waals surface area contributed by atoms with Gasteiger partial charge in [-0.25, -0.2) is 14.5 Å². The van der Waals surface area contributed by atoms with E-state index in [0.717, 1.165) is 23.0 Å². The number of fused-ring (bicyclic) bond motifs is 1. The number of amidine groups is 1. The molecule has 1 aromatic rings. The van der Waals surface area contributed by atoms with Crippen LogP contribution in [0.2, 0.25) is 0 Å². The van der Waals surface area contributed by atoms with Crippen LogP contribution in [0.3, 0.4) is 0 Å². The molecule has 9 heteroatoms. The quantitative estimate of drug-likeness (QED) is 0.490. The summed E-state index contributed by atoms with van der Waals surface area (Å²) in [6.07, 6.45) is 2.49. The second-order valence-electron chi connectivity index (χ2n) is 4.77. The lowest BCUT2D eigenvalue weighted by atomic mass is 10.1. The molecule has 1 fully saturated rings. The highest BCUT2D eigenvalue weighted by Crippen LogP contribution is 2.32. The number of nitrogens with zero attached hydrogens (tertiary/aromatic N) is 3. The van der Waals surface area contributed by atoms with Crippen molar-refractivity contribution < 1.29 is 13.7 Å². The Hall–Kier alpha value is -1.42. The third-order valence-electron chi connectivity index (χ3n) is 3.51. The molecule has 0 unspecified atom stereocenters. The molecule has 2 aliphatic rings. The average Bonchev–Trinajstić information content (AvgIpc) is 3.20. The van der Waals surface area contributed by atoms with Crippen molar-refractivity contribution in [2.75, 3.05) is 27.3 Å². The molecule has 0 aromatic carbocycles. The third-order valence-corrected chi connectivity index (χ3v) is 4.88. The normalized spacial score (nSPS) is 20.9. The van der Waals surface area contributed by atoms with Crippen molar-refractivity contribution in [2.24, 2.45) is 4.99 Å². The molecule has 2 aliphatic heterocycles. The topological polar surface area (TPSA) is 76.0 Å². The highest BCUT2D eigenvalue weighted by molar-refractivity contribution is 7.92. The summed E-state index contributed by atoms with van der Waals surface area (Å²) in [6.45, 7) is 1.04. The molecule has 3 heterocycles. The van der Waals surface area contributed by atoms with Crippen LogP contribution in [0.1, 0.15) is 11.4 Å². The van der Waals surface area contributed by atoms with Gasteiger partial charge >= 0.3 is 5.97 Å². The molecule has 3 rings (SSSR count). The molecular formula is C13H16N4O3S2. The molecule has 1 N–H and O–H groups in total. The first-order valence-corrected chi connectivity index (χ1v) is 8.34. The molecular weight excluding hydrogens is 324 g/mol. The first-order valence-electron chi connectivity index (χ1n) is 6.72. The zero-order valence-corrected chi connectivity index (χ0v) is 13.9. The Labute approximate surface area is 136 Å². The van der Waals surface area contributed by atoms with Gasteiger partial charge in [-0.15, -0.1) is 11.3 Å². The second-order valence-corrected chi connectivity index (χ2v) is 6.40. The molecule has 0 radical (unpaired) electrons. The van der Waals surface area contributed by atoms with E-state index in [1.165, 1.54) is 19.3 Å². The summed E-state index contributed by atoms with van der Waals surface area (Å²) in [6, 6.07) is 0.169. The number of esters is 1. The van der Waals surface area contributed by atoms with E-state index < -0.39 is 0 Å². The van der Waals surface area contributed by atoms with Crippen LogP contribution in [-0.4, -0.2) is 55.0 Å². The molecule has 0 amide bonds. The van der Waals surface area contributed by atoms with Gasteiger partial charge in [0.2, 0.25) is 0 Å². The molecule has 1 atom stereocenters. The van der Waals surface area contributed by atoms with Crippen molar-refractivity contribution in [3.63, 3.8) is 0 Å². The van der Waals surface area contributed by atoms with Crippen molar-refractivity contribution in [1.82, 2.24) is 14.6 Å². The summed E-state index contributed by atoms with van der Waals surface area (Å²) in [4.78, 5) is 22.9. The number of aromatic nitrogens is 1. The Kier molecular flexibility index (Phi) is 4.77. The van der Waals surface area contributed by atoms with Crippen LogP contribution in [0.5, 0.6) is 0 Å². The van der Waals surface area contributed by atoms with Crippen LogP contribution in [0, 0.1) is 0 Å². The van der Waals surface area contributed by atoms with Crippen molar-refractivity contribution in [3.05, 3.63) is 27.9 Å². The molecule has 0 spiro atoms. The lowest BCUT2D eigenvalue weighted by Gasteiger charge is -2.26. The highest BCUT2D eigenvalue weighted by atomic mass is 32.2. The number of carbonyl (C=O) groups is 1. The summed E-state index contributed by atoms with van der Waals surface area (Å²) < 4.78 is 13.1. The van der Waals surface area contributed by atoms with Gasteiger partial charge in [-0.2, -0.15) is 0 Å². The third kappa shape index (κ3) is 2.89. The smallest absolute Gasteiger partial charge is 0.337 e. The number of methoxy groups -OCH3 is 1. The fraction of sp³-hybridized carbons (Fsp3) is 0.462. The molecule has 0 aliphatic carbocycles. The SMILES string of the molecule is COSN[C@H]1CC2=C(C(=O)OC)CN=C(c3nccs3)N2C1. The van der Waals surface area contributed by atoms with E-state index >= 15 is 0 Å². The lowest BCUT2D eigenvalue weighted by molar-refractivity contribution is -0.136. The Bertz CT molecular complexity index is 615. The molecule has 1 aromatic heterocycles. The second kappa shape index (κ2) is 6.78. The Morgan fingerprint density at radius 3 is 3.09 bits per heavy atom. The highest BCUT2D eigenvalue weighted by Gasteiger charge is 2.37. The van der Waals surface area contributed by atoms with Gasteiger partial charge in [0.15, 0.2) is 10.8 Å². The van der Waals surface area contributed by atoms with Gasteiger partial charge in [0, 0.05) is 36.3 Å². The molecule has 0 saturated carbocycles. The summed E-state index contributed by atoms with van der Waals surface area (Å²) in [5, 5.41) is 2.78. The van der Waals surface area contributed by atoms with E-state index in [4.69, 9.17) is 8.92 Å². The Morgan fingerprint density at radius 1 is 1.55 bits per heavy atom. The van der Waals surface area contributed by atoms with Gasteiger partial charge in [0.05, 0.1) is 38.6 Å². The van der Waals surface area contributed by atoms with Crippen LogP contribution >= 0.6 is 23.6 Å².